The van der Waals surface area contributed by atoms with Crippen molar-refractivity contribution in [1.82, 2.24) is 10.2 Å². The maximum atomic E-state index is 12.5. The molecule has 0 radical (unpaired) electrons. The number of aromatic nitrogens is 2. The maximum absolute atomic E-state index is 12.5. The number of hydrogen-bond acceptors (Lipinski definition) is 7. The highest BCUT2D eigenvalue weighted by Crippen LogP contribution is 2.27. The number of benzene rings is 1. The van der Waals surface area contributed by atoms with Gasteiger partial charge in [-0.25, -0.2) is 0 Å². The third-order valence-corrected chi connectivity index (χ3v) is 6.27. The van der Waals surface area contributed by atoms with Crippen LogP contribution in [-0.4, -0.2) is 37.0 Å². The quantitative estimate of drug-likeness (QED) is 0.720. The summed E-state index contributed by atoms with van der Waals surface area (Å²) in [5.41, 5.74) is 0.956. The molecule has 3 rings (SSSR count). The van der Waals surface area contributed by atoms with Crippen molar-refractivity contribution in [2.75, 3.05) is 21.5 Å². The molecular weight excluding hydrogens is 378 g/mol. The molecule has 1 saturated heterocycles. The van der Waals surface area contributed by atoms with Crippen molar-refractivity contribution in [2.45, 2.75) is 30.5 Å². The van der Waals surface area contributed by atoms with Crippen LogP contribution in [0.25, 0.3) is 0 Å². The number of carbonyl (C=O) groups is 2. The zero-order valence-corrected chi connectivity index (χ0v) is 15.6. The van der Waals surface area contributed by atoms with Crippen molar-refractivity contribution in [3.63, 3.8) is 0 Å². The van der Waals surface area contributed by atoms with Crippen molar-refractivity contribution in [1.29, 1.82) is 0 Å². The second-order valence-corrected chi connectivity index (χ2v) is 8.41. The van der Waals surface area contributed by atoms with Crippen LogP contribution in [0.3, 0.4) is 0 Å². The molecule has 1 aromatic carbocycles. The molecule has 2 amide bonds. The zero-order valence-electron chi connectivity index (χ0n) is 13.9. The first-order valence-corrected chi connectivity index (χ1v) is 10.3. The maximum Gasteiger partial charge on any atom is 0.291 e. The lowest BCUT2D eigenvalue weighted by atomic mass is 10.2. The molecule has 0 saturated carbocycles. The minimum absolute atomic E-state index is 0.0189. The molecule has 1 aromatic heterocycles. The van der Waals surface area contributed by atoms with E-state index in [1.54, 1.807) is 36.1 Å². The number of rotatable bonds is 6. The van der Waals surface area contributed by atoms with Gasteiger partial charge in [0.1, 0.15) is 0 Å². The van der Waals surface area contributed by atoms with Crippen LogP contribution < -0.4 is 14.9 Å². The van der Waals surface area contributed by atoms with Gasteiger partial charge in [-0.2, -0.15) is 8.42 Å². The zero-order chi connectivity index (χ0) is 18.7. The number of hydrogen-bond donors (Lipinski definition) is 2. The first kappa shape index (κ1) is 18.3. The average Bonchev–Trinajstić information content (AvgIpc) is 3.24. The summed E-state index contributed by atoms with van der Waals surface area (Å²) in [6, 6.07) is 6.61. The number of carbonyl (C=O) groups excluding carboxylic acids is 2. The normalized spacial score (nSPS) is 14.5. The molecule has 1 fully saturated rings. The first-order valence-electron chi connectivity index (χ1n) is 7.95. The molecule has 2 N–H and O–H groups in total. The summed E-state index contributed by atoms with van der Waals surface area (Å²) in [7, 11) is -3.95. The van der Waals surface area contributed by atoms with Crippen LogP contribution in [0.5, 0.6) is 0 Å². The molecule has 1 aliphatic rings. The largest absolute Gasteiger partial charge is 0.312 e. The summed E-state index contributed by atoms with van der Waals surface area (Å²) in [5, 5.41) is 9.88. The second kappa shape index (κ2) is 7.38. The molecule has 2 aromatic rings. The number of nitrogens with zero attached hydrogens (tertiary/aromatic N) is 3. The van der Waals surface area contributed by atoms with Crippen molar-refractivity contribution >= 4 is 49.7 Å². The van der Waals surface area contributed by atoms with E-state index in [4.69, 9.17) is 0 Å². The number of sulfonamides is 1. The second-order valence-electron chi connectivity index (χ2n) is 5.58. The lowest BCUT2D eigenvalue weighted by molar-refractivity contribution is -0.117. The van der Waals surface area contributed by atoms with Gasteiger partial charge in [0.2, 0.25) is 16.9 Å². The van der Waals surface area contributed by atoms with Crippen molar-refractivity contribution in [3.05, 3.63) is 24.3 Å². The molecule has 138 valence electrons. The number of amides is 2. The Bertz CT molecular complexity index is 941. The molecule has 11 heteroatoms. The summed E-state index contributed by atoms with van der Waals surface area (Å²) in [5.74, 6) is -0.258. The fourth-order valence-corrected chi connectivity index (χ4v) is 4.40. The van der Waals surface area contributed by atoms with Gasteiger partial charge in [-0.3, -0.25) is 14.3 Å². The lowest BCUT2D eigenvalue weighted by Gasteiger charge is -2.16. The molecule has 0 aliphatic carbocycles. The average molecular weight is 395 g/mol. The number of nitrogens with one attached hydrogen (secondary N) is 2. The van der Waals surface area contributed by atoms with Crippen LogP contribution in [-0.2, 0) is 19.6 Å². The summed E-state index contributed by atoms with van der Waals surface area (Å²) in [6.45, 7) is 2.29. The van der Waals surface area contributed by atoms with E-state index in [-0.39, 0.29) is 27.7 Å². The SMILES string of the molecule is CCC(=O)Nc1nnc(S(=O)(=O)Nc2cccc(N3CCCC3=O)c2)s1. The minimum Gasteiger partial charge on any atom is -0.312 e. The summed E-state index contributed by atoms with van der Waals surface area (Å²) in [6.07, 6.45) is 1.53. The van der Waals surface area contributed by atoms with E-state index in [9.17, 15) is 18.0 Å². The van der Waals surface area contributed by atoms with Crippen molar-refractivity contribution in [2.24, 2.45) is 0 Å². The van der Waals surface area contributed by atoms with E-state index in [0.29, 0.717) is 24.3 Å². The van der Waals surface area contributed by atoms with E-state index < -0.39 is 10.0 Å². The number of anilines is 3. The Balaban J connectivity index is 1.77. The van der Waals surface area contributed by atoms with Crippen LogP contribution in [0.1, 0.15) is 26.2 Å². The van der Waals surface area contributed by atoms with Gasteiger partial charge in [-0.1, -0.05) is 24.3 Å². The van der Waals surface area contributed by atoms with Crippen LogP contribution in [0, 0.1) is 0 Å². The Morgan fingerprint density at radius 2 is 2.15 bits per heavy atom. The Kier molecular flexibility index (Phi) is 5.18. The third-order valence-electron chi connectivity index (χ3n) is 3.69. The van der Waals surface area contributed by atoms with Gasteiger partial charge in [-0.15, -0.1) is 10.2 Å². The smallest absolute Gasteiger partial charge is 0.291 e. The molecule has 0 spiro atoms. The van der Waals surface area contributed by atoms with Crippen LogP contribution in [0.2, 0.25) is 0 Å². The van der Waals surface area contributed by atoms with E-state index in [0.717, 1.165) is 17.8 Å². The highest BCUT2D eigenvalue weighted by Gasteiger charge is 2.24. The summed E-state index contributed by atoms with van der Waals surface area (Å²) in [4.78, 5) is 24.8. The molecule has 0 bridgehead atoms. The lowest BCUT2D eigenvalue weighted by Crippen LogP contribution is -2.23. The predicted octanol–water partition coefficient (Wildman–Crippen LogP) is 1.81. The van der Waals surface area contributed by atoms with Gasteiger partial charge in [0.25, 0.3) is 14.4 Å². The third kappa shape index (κ3) is 3.99. The Labute approximate surface area is 154 Å². The molecule has 0 unspecified atom stereocenters. The van der Waals surface area contributed by atoms with Crippen LogP contribution in [0.15, 0.2) is 28.6 Å². The van der Waals surface area contributed by atoms with Crippen LogP contribution in [0.4, 0.5) is 16.5 Å². The molecule has 9 nitrogen and oxygen atoms in total. The monoisotopic (exact) mass is 395 g/mol. The molecule has 1 aliphatic heterocycles. The summed E-state index contributed by atoms with van der Waals surface area (Å²) >= 11 is 0.764. The van der Waals surface area contributed by atoms with Gasteiger partial charge < -0.3 is 10.2 Å². The summed E-state index contributed by atoms with van der Waals surface area (Å²) < 4.78 is 27.1. The van der Waals surface area contributed by atoms with Gasteiger partial charge in [-0.05, 0) is 24.6 Å². The van der Waals surface area contributed by atoms with E-state index in [1.807, 2.05) is 0 Å². The van der Waals surface area contributed by atoms with E-state index >= 15 is 0 Å². The van der Waals surface area contributed by atoms with Gasteiger partial charge in [0.05, 0.1) is 5.69 Å². The van der Waals surface area contributed by atoms with Gasteiger partial charge in [0, 0.05) is 25.1 Å². The Morgan fingerprint density at radius 1 is 1.35 bits per heavy atom. The predicted molar refractivity (Wildman–Crippen MR) is 97.7 cm³/mol. The highest BCUT2D eigenvalue weighted by atomic mass is 32.2. The van der Waals surface area contributed by atoms with E-state index in [1.165, 1.54) is 0 Å². The van der Waals surface area contributed by atoms with Gasteiger partial charge in [0.15, 0.2) is 0 Å². The topological polar surface area (TPSA) is 121 Å². The molecular formula is C15H17N5O4S2. The van der Waals surface area contributed by atoms with Crippen molar-refractivity contribution in [3.8, 4) is 0 Å². The van der Waals surface area contributed by atoms with Crippen molar-refractivity contribution < 1.29 is 18.0 Å². The Morgan fingerprint density at radius 3 is 2.85 bits per heavy atom. The fourth-order valence-electron chi connectivity index (χ4n) is 2.43. The molecule has 26 heavy (non-hydrogen) atoms. The standard InChI is InChI=1S/C15H17N5O4S2/c1-2-12(21)16-14-17-18-15(25-14)26(23,24)19-10-5-3-6-11(9-10)20-8-4-7-13(20)22/h3,5-6,9,19H,2,4,7-8H2,1H3,(H,16,17,21). The van der Waals surface area contributed by atoms with E-state index in [2.05, 4.69) is 20.2 Å². The van der Waals surface area contributed by atoms with Gasteiger partial charge >= 0.3 is 0 Å². The molecule has 2 heterocycles. The highest BCUT2D eigenvalue weighted by molar-refractivity contribution is 7.94. The van der Waals surface area contributed by atoms with Crippen LogP contribution >= 0.6 is 11.3 Å². The molecule has 0 atom stereocenters. The first-order chi connectivity index (χ1) is 12.4. The minimum atomic E-state index is -3.95. The Hall–Kier alpha value is -2.53. The fraction of sp³-hybridized carbons (Fsp3) is 0.333.